The molecular formula is C11H10BrN5O. The van der Waals surface area contributed by atoms with Crippen molar-refractivity contribution >= 4 is 38.7 Å². The van der Waals surface area contributed by atoms with Crippen molar-refractivity contribution in [2.75, 3.05) is 11.4 Å². The van der Waals surface area contributed by atoms with Gasteiger partial charge in [-0.25, -0.2) is 9.97 Å². The minimum atomic E-state index is 0.0491. The third-order valence-electron chi connectivity index (χ3n) is 3.03. The van der Waals surface area contributed by atoms with Crippen LogP contribution in [0.4, 0.5) is 5.82 Å². The molecule has 1 amide bonds. The summed E-state index contributed by atoms with van der Waals surface area (Å²) >= 11 is 3.36. The summed E-state index contributed by atoms with van der Waals surface area (Å²) in [6.07, 6.45) is 3.70. The smallest absolute Gasteiger partial charge is 0.228 e. The molecule has 2 aromatic heterocycles. The maximum Gasteiger partial charge on any atom is 0.228 e. The fraction of sp³-hybridized carbons (Fsp3) is 0.273. The number of amides is 1. The molecule has 92 valence electrons. The number of hydrogen-bond acceptors (Lipinski definition) is 4. The fourth-order valence-electron chi connectivity index (χ4n) is 2.11. The molecule has 18 heavy (non-hydrogen) atoms. The Hall–Kier alpha value is -1.76. The van der Waals surface area contributed by atoms with E-state index in [4.69, 9.17) is 0 Å². The molecule has 7 heteroatoms. The third kappa shape index (κ3) is 1.62. The van der Waals surface area contributed by atoms with Crippen molar-refractivity contribution in [1.82, 2.24) is 20.2 Å². The average Bonchev–Trinajstić information content (AvgIpc) is 2.93. The molecule has 1 unspecified atom stereocenters. The van der Waals surface area contributed by atoms with Crippen molar-refractivity contribution in [3.63, 3.8) is 0 Å². The number of halogens is 1. The quantitative estimate of drug-likeness (QED) is 0.856. The van der Waals surface area contributed by atoms with Crippen LogP contribution in [0.15, 0.2) is 23.6 Å². The van der Waals surface area contributed by atoms with E-state index in [0.717, 1.165) is 5.39 Å². The second kappa shape index (κ2) is 4.16. The Kier molecular flexibility index (Phi) is 2.62. The second-order valence-electron chi connectivity index (χ2n) is 4.14. The molecule has 3 rings (SSSR count). The Labute approximate surface area is 111 Å². The lowest BCUT2D eigenvalue weighted by Gasteiger charge is -2.15. The molecule has 0 aromatic carbocycles. The number of hydrogen-bond donors (Lipinski definition) is 1. The fourth-order valence-corrected chi connectivity index (χ4v) is 2.55. The molecule has 0 saturated carbocycles. The Morgan fingerprint density at radius 3 is 3.11 bits per heavy atom. The molecule has 2 aromatic rings. The van der Waals surface area contributed by atoms with Gasteiger partial charge >= 0.3 is 0 Å². The van der Waals surface area contributed by atoms with Gasteiger partial charge in [-0.3, -0.25) is 14.8 Å². The number of fused-ring (bicyclic) bond motifs is 1. The van der Waals surface area contributed by atoms with Crippen LogP contribution in [0, 0.1) is 5.92 Å². The number of aromatic nitrogens is 4. The number of rotatable bonds is 2. The number of aromatic amines is 1. The number of nitrogens with zero attached hydrogens (tertiary/aromatic N) is 4. The molecule has 3 heterocycles. The van der Waals surface area contributed by atoms with E-state index >= 15 is 0 Å². The highest BCUT2D eigenvalue weighted by Gasteiger charge is 2.31. The van der Waals surface area contributed by atoms with E-state index in [2.05, 4.69) is 42.7 Å². The molecule has 1 fully saturated rings. The van der Waals surface area contributed by atoms with Crippen molar-refractivity contribution in [3.8, 4) is 0 Å². The van der Waals surface area contributed by atoms with E-state index in [0.29, 0.717) is 29.0 Å². The van der Waals surface area contributed by atoms with Crippen molar-refractivity contribution in [2.45, 2.75) is 6.42 Å². The SMILES string of the molecule is C=CC1CC(=O)N(c2ncnc3n[nH]c(Br)c23)C1. The lowest BCUT2D eigenvalue weighted by atomic mass is 10.1. The minimum absolute atomic E-state index is 0.0491. The van der Waals surface area contributed by atoms with Crippen LogP contribution in [0.25, 0.3) is 11.0 Å². The Balaban J connectivity index is 2.12. The minimum Gasteiger partial charge on any atom is -0.295 e. The molecule has 0 radical (unpaired) electrons. The Morgan fingerprint density at radius 1 is 1.56 bits per heavy atom. The lowest BCUT2D eigenvalue weighted by molar-refractivity contribution is -0.117. The van der Waals surface area contributed by atoms with Crippen molar-refractivity contribution in [3.05, 3.63) is 23.6 Å². The summed E-state index contributed by atoms with van der Waals surface area (Å²) in [5.41, 5.74) is 0.543. The molecule has 1 N–H and O–H groups in total. The van der Waals surface area contributed by atoms with E-state index < -0.39 is 0 Å². The number of carbonyl (C=O) groups excluding carboxylic acids is 1. The van der Waals surface area contributed by atoms with Gasteiger partial charge in [-0.15, -0.1) is 6.58 Å². The van der Waals surface area contributed by atoms with E-state index in [1.165, 1.54) is 6.33 Å². The standard InChI is InChI=1S/C11H10BrN5O/c1-2-6-3-7(18)17(4-6)11-8-9(12)15-16-10(8)13-5-14-11/h2,5-6H,1,3-4H2,(H,13,14,15,16). The molecule has 1 atom stereocenters. The van der Waals surface area contributed by atoms with Gasteiger partial charge in [-0.1, -0.05) is 6.08 Å². The van der Waals surface area contributed by atoms with Crippen LogP contribution >= 0.6 is 15.9 Å². The molecule has 6 nitrogen and oxygen atoms in total. The maximum atomic E-state index is 12.0. The van der Waals surface area contributed by atoms with Gasteiger partial charge in [0.05, 0.1) is 5.39 Å². The zero-order valence-electron chi connectivity index (χ0n) is 9.43. The summed E-state index contributed by atoms with van der Waals surface area (Å²) in [4.78, 5) is 21.9. The van der Waals surface area contributed by atoms with E-state index in [1.54, 1.807) is 11.0 Å². The summed E-state index contributed by atoms with van der Waals surface area (Å²) in [7, 11) is 0. The van der Waals surface area contributed by atoms with Gasteiger partial charge in [0, 0.05) is 18.9 Å². The van der Waals surface area contributed by atoms with Crippen molar-refractivity contribution < 1.29 is 4.79 Å². The normalized spacial score (nSPS) is 19.7. The first-order chi connectivity index (χ1) is 8.70. The Bertz CT molecular complexity index is 637. The molecule has 0 spiro atoms. The maximum absolute atomic E-state index is 12.0. The highest BCUT2D eigenvalue weighted by molar-refractivity contribution is 9.10. The van der Waals surface area contributed by atoms with E-state index in [9.17, 15) is 4.79 Å². The molecule has 0 bridgehead atoms. The second-order valence-corrected chi connectivity index (χ2v) is 4.93. The summed E-state index contributed by atoms with van der Waals surface area (Å²) < 4.78 is 0.683. The molecule has 1 saturated heterocycles. The van der Waals surface area contributed by atoms with Crippen molar-refractivity contribution in [1.29, 1.82) is 0 Å². The van der Waals surface area contributed by atoms with Crippen LogP contribution in [0.3, 0.4) is 0 Å². The number of anilines is 1. The third-order valence-corrected chi connectivity index (χ3v) is 3.60. The van der Waals surface area contributed by atoms with E-state index in [1.807, 2.05) is 0 Å². The van der Waals surface area contributed by atoms with Crippen LogP contribution in [0.2, 0.25) is 0 Å². The van der Waals surface area contributed by atoms with Gasteiger partial charge in [-0.2, -0.15) is 5.10 Å². The zero-order chi connectivity index (χ0) is 12.7. The largest absolute Gasteiger partial charge is 0.295 e. The van der Waals surface area contributed by atoms with Gasteiger partial charge in [0.2, 0.25) is 5.91 Å². The highest BCUT2D eigenvalue weighted by atomic mass is 79.9. The predicted octanol–water partition coefficient (Wildman–Crippen LogP) is 1.65. The van der Waals surface area contributed by atoms with Crippen LogP contribution in [0.5, 0.6) is 0 Å². The van der Waals surface area contributed by atoms with Crippen LogP contribution < -0.4 is 4.90 Å². The zero-order valence-corrected chi connectivity index (χ0v) is 11.0. The van der Waals surface area contributed by atoms with Gasteiger partial charge in [0.1, 0.15) is 10.9 Å². The summed E-state index contributed by atoms with van der Waals surface area (Å²) in [5, 5.41) is 7.55. The summed E-state index contributed by atoms with van der Waals surface area (Å²) in [6, 6.07) is 0. The van der Waals surface area contributed by atoms with Crippen LogP contribution in [-0.2, 0) is 4.79 Å². The Morgan fingerprint density at radius 2 is 2.39 bits per heavy atom. The lowest BCUT2D eigenvalue weighted by Crippen LogP contribution is -2.25. The van der Waals surface area contributed by atoms with Gasteiger partial charge in [0.25, 0.3) is 0 Å². The first kappa shape index (κ1) is 11.3. The van der Waals surface area contributed by atoms with Gasteiger partial charge < -0.3 is 0 Å². The van der Waals surface area contributed by atoms with Crippen molar-refractivity contribution in [2.24, 2.45) is 5.92 Å². The molecule has 1 aliphatic rings. The number of H-pyrrole nitrogens is 1. The molecule has 0 aliphatic carbocycles. The monoisotopic (exact) mass is 307 g/mol. The number of nitrogens with one attached hydrogen (secondary N) is 1. The van der Waals surface area contributed by atoms with Gasteiger partial charge in [0.15, 0.2) is 11.5 Å². The number of carbonyl (C=O) groups is 1. The summed E-state index contributed by atoms with van der Waals surface area (Å²) in [5.74, 6) is 0.816. The van der Waals surface area contributed by atoms with E-state index in [-0.39, 0.29) is 11.8 Å². The topological polar surface area (TPSA) is 74.8 Å². The highest BCUT2D eigenvalue weighted by Crippen LogP contribution is 2.32. The summed E-state index contributed by atoms with van der Waals surface area (Å²) in [6.45, 7) is 4.34. The predicted molar refractivity (Wildman–Crippen MR) is 70.0 cm³/mol. The average molecular weight is 308 g/mol. The van der Waals surface area contributed by atoms with Crippen LogP contribution in [-0.4, -0.2) is 32.6 Å². The first-order valence-electron chi connectivity index (χ1n) is 5.48. The van der Waals surface area contributed by atoms with Gasteiger partial charge in [-0.05, 0) is 15.9 Å². The molecule has 1 aliphatic heterocycles. The van der Waals surface area contributed by atoms with Crippen LogP contribution in [0.1, 0.15) is 6.42 Å². The first-order valence-corrected chi connectivity index (χ1v) is 6.27. The molecular weight excluding hydrogens is 298 g/mol.